The van der Waals surface area contributed by atoms with Gasteiger partial charge < -0.3 is 0 Å². The molecule has 6 aromatic carbocycles. The molecule has 8 aromatic rings. The summed E-state index contributed by atoms with van der Waals surface area (Å²) in [6.45, 7) is 4.72. The molecule has 0 bridgehead atoms. The van der Waals surface area contributed by atoms with E-state index in [2.05, 4.69) is 134 Å². The fourth-order valence-electron chi connectivity index (χ4n) is 7.36. The van der Waals surface area contributed by atoms with E-state index in [1.165, 1.54) is 43.8 Å². The summed E-state index contributed by atoms with van der Waals surface area (Å²) in [7, 11) is 0. The molecule has 198 valence electrons. The van der Waals surface area contributed by atoms with Gasteiger partial charge in [0.05, 0.1) is 22.2 Å². The number of hydrogen-bond donors (Lipinski definition) is 0. The third-order valence-electron chi connectivity index (χ3n) is 9.19. The van der Waals surface area contributed by atoms with E-state index in [0.717, 1.165) is 33.2 Å². The van der Waals surface area contributed by atoms with Crippen LogP contribution in [0.15, 0.2) is 127 Å². The molecule has 9 rings (SSSR count). The highest BCUT2D eigenvalue weighted by molar-refractivity contribution is 6.22. The number of benzene rings is 6. The Morgan fingerprint density at radius 3 is 2.12 bits per heavy atom. The average Bonchev–Trinajstić information content (AvgIpc) is 3.50. The molecule has 3 nitrogen and oxygen atoms in total. The van der Waals surface area contributed by atoms with E-state index in [0.29, 0.717) is 5.95 Å². The lowest BCUT2D eigenvalue weighted by Gasteiger charge is -2.23. The van der Waals surface area contributed by atoms with Crippen LogP contribution >= 0.6 is 0 Å². The Morgan fingerprint density at radius 2 is 1.24 bits per heavy atom. The molecular weight excluding hydrogens is 510 g/mol. The van der Waals surface area contributed by atoms with Crippen LogP contribution in [0.25, 0.3) is 71.8 Å². The number of para-hydroxylation sites is 2. The Labute approximate surface area is 243 Å². The summed E-state index contributed by atoms with van der Waals surface area (Å²) in [5.41, 5.74) is 10.6. The second-order valence-electron chi connectivity index (χ2n) is 11.8. The van der Waals surface area contributed by atoms with E-state index in [1.807, 2.05) is 12.1 Å². The summed E-state index contributed by atoms with van der Waals surface area (Å²) in [5, 5.41) is 6.09. The van der Waals surface area contributed by atoms with Crippen molar-refractivity contribution in [1.29, 1.82) is 0 Å². The van der Waals surface area contributed by atoms with E-state index in [4.69, 9.17) is 9.97 Å². The topological polar surface area (TPSA) is 30.7 Å². The van der Waals surface area contributed by atoms with Crippen molar-refractivity contribution in [2.75, 3.05) is 0 Å². The van der Waals surface area contributed by atoms with E-state index >= 15 is 0 Å². The molecule has 1 aliphatic carbocycles. The minimum Gasteiger partial charge on any atom is -0.278 e. The quantitative estimate of drug-likeness (QED) is 0.220. The van der Waals surface area contributed by atoms with Crippen LogP contribution in [0.5, 0.6) is 0 Å². The van der Waals surface area contributed by atoms with Gasteiger partial charge in [0, 0.05) is 27.1 Å². The zero-order valence-corrected chi connectivity index (χ0v) is 23.5. The first kappa shape index (κ1) is 23.4. The molecule has 0 saturated carbocycles. The minimum absolute atomic E-state index is 0.0798. The van der Waals surface area contributed by atoms with E-state index in [1.54, 1.807) is 0 Å². The van der Waals surface area contributed by atoms with Gasteiger partial charge in [0.25, 0.3) is 0 Å². The van der Waals surface area contributed by atoms with Crippen LogP contribution in [0.1, 0.15) is 25.0 Å². The normalized spacial score (nSPS) is 13.7. The molecule has 2 aromatic heterocycles. The summed E-state index contributed by atoms with van der Waals surface area (Å²) in [5.74, 6) is 0.687. The van der Waals surface area contributed by atoms with Gasteiger partial charge in [0.2, 0.25) is 5.95 Å². The Bertz CT molecular complexity index is 2380. The number of nitrogens with zero attached hydrogens (tertiary/aromatic N) is 3. The second-order valence-corrected chi connectivity index (χ2v) is 11.8. The third kappa shape index (κ3) is 3.05. The van der Waals surface area contributed by atoms with Gasteiger partial charge in [0.1, 0.15) is 0 Å². The van der Waals surface area contributed by atoms with Crippen LogP contribution in [0.3, 0.4) is 0 Å². The van der Waals surface area contributed by atoms with Crippen molar-refractivity contribution in [3.8, 4) is 28.3 Å². The van der Waals surface area contributed by atoms with Gasteiger partial charge in [-0.15, -0.1) is 0 Å². The molecular formula is C39H27N3. The van der Waals surface area contributed by atoms with Crippen LogP contribution in [0.2, 0.25) is 0 Å². The van der Waals surface area contributed by atoms with Crippen LogP contribution in [-0.4, -0.2) is 14.5 Å². The van der Waals surface area contributed by atoms with Crippen molar-refractivity contribution in [1.82, 2.24) is 14.5 Å². The molecule has 0 saturated heterocycles. The fourth-order valence-corrected chi connectivity index (χ4v) is 7.36. The minimum atomic E-state index is -0.0798. The zero-order valence-electron chi connectivity index (χ0n) is 23.5. The highest BCUT2D eigenvalue weighted by atomic mass is 15.2. The van der Waals surface area contributed by atoms with Gasteiger partial charge in [-0.1, -0.05) is 123 Å². The first-order chi connectivity index (χ1) is 20.6. The van der Waals surface area contributed by atoms with Crippen molar-refractivity contribution in [3.05, 3.63) is 139 Å². The molecule has 0 amide bonds. The van der Waals surface area contributed by atoms with Crippen LogP contribution in [0, 0.1) is 0 Å². The molecule has 1 aliphatic rings. The van der Waals surface area contributed by atoms with Crippen molar-refractivity contribution >= 4 is 43.5 Å². The predicted octanol–water partition coefficient (Wildman–Crippen LogP) is 9.85. The molecule has 0 unspecified atom stereocenters. The van der Waals surface area contributed by atoms with Gasteiger partial charge in [-0.05, 0) is 51.2 Å². The SMILES string of the molecule is CC1(C)c2ccccc2-c2ccc3c(ccc4c3c3ccccc3n4-c3nc(-c4ccccc4)c4ccccc4n3)c21. The van der Waals surface area contributed by atoms with Crippen molar-refractivity contribution < 1.29 is 0 Å². The Kier molecular flexibility index (Phi) is 4.67. The molecule has 0 spiro atoms. The highest BCUT2D eigenvalue weighted by Crippen LogP contribution is 2.52. The van der Waals surface area contributed by atoms with E-state index in [-0.39, 0.29) is 5.41 Å². The maximum atomic E-state index is 5.25. The summed E-state index contributed by atoms with van der Waals surface area (Å²) < 4.78 is 2.25. The largest absolute Gasteiger partial charge is 0.278 e. The first-order valence-electron chi connectivity index (χ1n) is 14.5. The van der Waals surface area contributed by atoms with Crippen molar-refractivity contribution in [3.63, 3.8) is 0 Å². The zero-order chi connectivity index (χ0) is 28.0. The van der Waals surface area contributed by atoms with Crippen LogP contribution in [-0.2, 0) is 5.41 Å². The van der Waals surface area contributed by atoms with Crippen LogP contribution < -0.4 is 0 Å². The van der Waals surface area contributed by atoms with Gasteiger partial charge in [-0.2, -0.15) is 0 Å². The monoisotopic (exact) mass is 537 g/mol. The van der Waals surface area contributed by atoms with E-state index < -0.39 is 0 Å². The highest BCUT2D eigenvalue weighted by Gasteiger charge is 2.37. The smallest absolute Gasteiger partial charge is 0.235 e. The van der Waals surface area contributed by atoms with Gasteiger partial charge in [0.15, 0.2) is 0 Å². The summed E-state index contributed by atoms with van der Waals surface area (Å²) in [4.78, 5) is 10.4. The predicted molar refractivity (Wildman–Crippen MR) is 174 cm³/mol. The molecule has 2 heterocycles. The summed E-state index contributed by atoms with van der Waals surface area (Å²) >= 11 is 0. The molecule has 0 fully saturated rings. The van der Waals surface area contributed by atoms with E-state index in [9.17, 15) is 0 Å². The Hall–Kier alpha value is -5.28. The van der Waals surface area contributed by atoms with Crippen molar-refractivity contribution in [2.45, 2.75) is 19.3 Å². The number of aromatic nitrogens is 3. The summed E-state index contributed by atoms with van der Waals surface area (Å²) in [6, 6.07) is 45.5. The van der Waals surface area contributed by atoms with Gasteiger partial charge in [-0.25, -0.2) is 9.97 Å². The molecule has 0 N–H and O–H groups in total. The standard InChI is InChI=1S/C39H27N3/c1-39(2)31-17-9-6-14-25(31)27-21-20-26-28(36(27)39)22-23-34-35(26)30-16-8-11-19-33(30)42(34)38-40-32-18-10-7-15-29(32)37(41-38)24-12-4-3-5-13-24/h3-23H,1-2H3. The summed E-state index contributed by atoms with van der Waals surface area (Å²) in [6.07, 6.45) is 0. The van der Waals surface area contributed by atoms with Gasteiger partial charge >= 0.3 is 0 Å². The fraction of sp³-hybridized carbons (Fsp3) is 0.0769. The number of hydrogen-bond acceptors (Lipinski definition) is 2. The van der Waals surface area contributed by atoms with Crippen LogP contribution in [0.4, 0.5) is 0 Å². The molecule has 42 heavy (non-hydrogen) atoms. The number of fused-ring (bicyclic) bond motifs is 10. The third-order valence-corrected chi connectivity index (χ3v) is 9.19. The molecule has 3 heteroatoms. The Morgan fingerprint density at radius 1 is 0.524 bits per heavy atom. The molecule has 0 atom stereocenters. The Balaban J connectivity index is 1.39. The average molecular weight is 538 g/mol. The maximum Gasteiger partial charge on any atom is 0.235 e. The first-order valence-corrected chi connectivity index (χ1v) is 14.5. The molecule has 0 aliphatic heterocycles. The lowest BCUT2D eigenvalue weighted by molar-refractivity contribution is 0.666. The maximum absolute atomic E-state index is 5.25. The van der Waals surface area contributed by atoms with Crippen molar-refractivity contribution in [2.24, 2.45) is 0 Å². The number of rotatable bonds is 2. The lowest BCUT2D eigenvalue weighted by Crippen LogP contribution is -2.15. The second kappa shape index (κ2) is 8.37. The molecule has 0 radical (unpaired) electrons. The lowest BCUT2D eigenvalue weighted by atomic mass is 9.80. The van der Waals surface area contributed by atoms with Gasteiger partial charge in [-0.3, -0.25) is 4.57 Å².